The van der Waals surface area contributed by atoms with Crippen molar-refractivity contribution >= 4 is 11.9 Å². The Morgan fingerprint density at radius 1 is 0.879 bits per heavy atom. The molecule has 0 radical (unpaired) electrons. The highest BCUT2D eigenvalue weighted by Gasteiger charge is 2.23. The van der Waals surface area contributed by atoms with E-state index in [9.17, 15) is 9.59 Å². The maximum absolute atomic E-state index is 9.55. The number of ether oxygens (including phenoxy) is 1. The number of hydrogen-bond donors (Lipinski definition) is 2. The van der Waals surface area contributed by atoms with Gasteiger partial charge in [-0.1, -0.05) is 60.4 Å². The molecule has 0 saturated carbocycles. The first kappa shape index (κ1) is 24.2. The quantitative estimate of drug-likeness (QED) is 0.537. The van der Waals surface area contributed by atoms with Gasteiger partial charge < -0.3 is 14.9 Å². The molecule has 2 aromatic carbocycles. The lowest BCUT2D eigenvalue weighted by Crippen LogP contribution is -2.19. The molecule has 1 aliphatic heterocycles. The summed E-state index contributed by atoms with van der Waals surface area (Å²) in [5.74, 6) is 4.00. The Bertz CT molecular complexity index is 980. The van der Waals surface area contributed by atoms with Gasteiger partial charge in [0.25, 0.3) is 0 Å². The number of nitrogens with zero attached hydrogens (tertiary/aromatic N) is 1. The van der Waals surface area contributed by atoms with Crippen LogP contribution in [0.3, 0.4) is 0 Å². The number of aliphatic carboxylic acids is 2. The molecule has 0 unspecified atom stereocenters. The number of fused-ring (bicyclic) bond motifs is 2. The van der Waals surface area contributed by atoms with E-state index < -0.39 is 11.9 Å². The van der Waals surface area contributed by atoms with Crippen molar-refractivity contribution in [2.75, 3.05) is 26.2 Å². The van der Waals surface area contributed by atoms with Crippen molar-refractivity contribution in [3.05, 3.63) is 82.9 Å². The molecule has 6 nitrogen and oxygen atoms in total. The van der Waals surface area contributed by atoms with Gasteiger partial charge in [0, 0.05) is 12.2 Å². The molecule has 1 saturated heterocycles. The number of carbonyl (C=O) groups is 2. The van der Waals surface area contributed by atoms with Gasteiger partial charge in [0.05, 0.1) is 6.54 Å². The molecule has 2 aliphatic rings. The lowest BCUT2D eigenvalue weighted by molar-refractivity contribution is -0.134. The van der Waals surface area contributed by atoms with Crippen LogP contribution in [0.1, 0.15) is 41.2 Å². The Labute approximate surface area is 194 Å². The van der Waals surface area contributed by atoms with Gasteiger partial charge in [-0.15, -0.1) is 0 Å². The molecule has 4 rings (SSSR count). The van der Waals surface area contributed by atoms with Crippen molar-refractivity contribution < 1.29 is 24.5 Å². The molecule has 172 valence electrons. The van der Waals surface area contributed by atoms with Gasteiger partial charge in [0.2, 0.25) is 0 Å². The summed E-state index contributed by atoms with van der Waals surface area (Å²) in [5, 5.41) is 15.6. The largest absolute Gasteiger partial charge is 0.478 e. The Kier molecular flexibility index (Phi) is 9.25. The number of likely N-dealkylation sites (tertiary alicyclic amines) is 1. The highest BCUT2D eigenvalue weighted by molar-refractivity contribution is 5.89. The summed E-state index contributed by atoms with van der Waals surface area (Å²) in [6, 6.07) is 17.4. The first-order valence-corrected chi connectivity index (χ1v) is 11.1. The Hall–Kier alpha value is -3.40. The monoisotopic (exact) mass is 447 g/mol. The van der Waals surface area contributed by atoms with Crippen LogP contribution in [0.2, 0.25) is 0 Å². The van der Waals surface area contributed by atoms with E-state index in [0.29, 0.717) is 18.8 Å². The summed E-state index contributed by atoms with van der Waals surface area (Å²) in [6.07, 6.45) is 5.89. The summed E-state index contributed by atoms with van der Waals surface area (Å²) in [6.45, 7) is 3.75. The fraction of sp³-hybridized carbons (Fsp3) is 0.333. The zero-order valence-corrected chi connectivity index (χ0v) is 18.6. The van der Waals surface area contributed by atoms with E-state index in [-0.39, 0.29) is 6.10 Å². The van der Waals surface area contributed by atoms with E-state index in [1.54, 1.807) is 0 Å². The highest BCUT2D eigenvalue weighted by atomic mass is 16.5. The zero-order chi connectivity index (χ0) is 23.5. The van der Waals surface area contributed by atoms with Gasteiger partial charge in [0.1, 0.15) is 12.7 Å². The maximum atomic E-state index is 9.55. The van der Waals surface area contributed by atoms with Crippen LogP contribution in [-0.4, -0.2) is 53.3 Å². The fourth-order valence-electron chi connectivity index (χ4n) is 4.08. The Morgan fingerprint density at radius 2 is 1.39 bits per heavy atom. The van der Waals surface area contributed by atoms with Crippen molar-refractivity contribution in [2.45, 2.75) is 31.8 Å². The molecular formula is C27H29NO5. The number of hydrogen-bond acceptors (Lipinski definition) is 4. The third kappa shape index (κ3) is 7.60. The summed E-state index contributed by atoms with van der Waals surface area (Å²) >= 11 is 0. The zero-order valence-electron chi connectivity index (χ0n) is 18.6. The van der Waals surface area contributed by atoms with E-state index in [4.69, 9.17) is 14.9 Å². The van der Waals surface area contributed by atoms with E-state index in [2.05, 4.69) is 65.3 Å². The van der Waals surface area contributed by atoms with E-state index in [1.807, 2.05) is 0 Å². The number of carboxylic acid groups (broad SMARTS) is 2. The SMILES string of the molecule is C(#CCN1CCCC1)COC1c2ccccc2CCc2ccccc21.O=C(O)/C=C\C(=O)O. The average molecular weight is 448 g/mol. The Morgan fingerprint density at radius 3 is 1.91 bits per heavy atom. The second-order valence-corrected chi connectivity index (χ2v) is 7.94. The van der Waals surface area contributed by atoms with Crippen LogP contribution in [-0.2, 0) is 27.2 Å². The van der Waals surface area contributed by atoms with Gasteiger partial charge in [-0.05, 0) is 61.0 Å². The molecule has 1 heterocycles. The summed E-state index contributed by atoms with van der Waals surface area (Å²) in [5.41, 5.74) is 5.39. The van der Waals surface area contributed by atoms with Gasteiger partial charge in [0.15, 0.2) is 0 Å². The smallest absolute Gasteiger partial charge is 0.328 e. The number of aryl methyl sites for hydroxylation is 2. The normalized spacial score (nSPS) is 15.4. The van der Waals surface area contributed by atoms with Crippen LogP contribution >= 0.6 is 0 Å². The molecule has 1 aliphatic carbocycles. The van der Waals surface area contributed by atoms with Crippen LogP contribution in [0.15, 0.2) is 60.7 Å². The molecule has 0 bridgehead atoms. The van der Waals surface area contributed by atoms with Crippen LogP contribution in [0.25, 0.3) is 0 Å². The molecule has 1 fully saturated rings. The van der Waals surface area contributed by atoms with Crippen LogP contribution in [0.5, 0.6) is 0 Å². The molecule has 0 atom stereocenters. The second-order valence-electron chi connectivity index (χ2n) is 7.94. The van der Waals surface area contributed by atoms with Crippen molar-refractivity contribution in [3.8, 4) is 11.8 Å². The fourth-order valence-corrected chi connectivity index (χ4v) is 4.08. The summed E-state index contributed by atoms with van der Waals surface area (Å²) in [7, 11) is 0. The standard InChI is InChI=1S/C23H25NO.C4H4O4/c1-3-11-21-19(9-1)13-14-20-10-2-4-12-22(20)23(21)25-18-8-7-17-24-15-5-6-16-24;5-3(6)1-2-4(7)8/h1-4,9-12,23H,5-6,13-18H2;1-2H,(H,5,6)(H,7,8)/b;2-1-. The van der Waals surface area contributed by atoms with Gasteiger partial charge >= 0.3 is 11.9 Å². The first-order valence-electron chi connectivity index (χ1n) is 11.1. The molecule has 6 heteroatoms. The van der Waals surface area contributed by atoms with Crippen molar-refractivity contribution in [1.29, 1.82) is 0 Å². The first-order chi connectivity index (χ1) is 16.0. The van der Waals surface area contributed by atoms with Crippen molar-refractivity contribution in [1.82, 2.24) is 4.90 Å². The van der Waals surface area contributed by atoms with E-state index in [0.717, 1.165) is 19.4 Å². The Balaban J connectivity index is 0.000000331. The van der Waals surface area contributed by atoms with Crippen LogP contribution in [0.4, 0.5) is 0 Å². The number of rotatable bonds is 5. The summed E-state index contributed by atoms with van der Waals surface area (Å²) in [4.78, 5) is 21.5. The maximum Gasteiger partial charge on any atom is 0.328 e. The van der Waals surface area contributed by atoms with Crippen LogP contribution in [0, 0.1) is 11.8 Å². The predicted octanol–water partition coefficient (Wildman–Crippen LogP) is 3.70. The summed E-state index contributed by atoms with van der Waals surface area (Å²) < 4.78 is 6.29. The highest BCUT2D eigenvalue weighted by Crippen LogP contribution is 2.34. The van der Waals surface area contributed by atoms with Gasteiger partial charge in [-0.2, -0.15) is 0 Å². The lowest BCUT2D eigenvalue weighted by Gasteiger charge is -2.19. The van der Waals surface area contributed by atoms with E-state index in [1.165, 1.54) is 48.2 Å². The molecule has 2 aromatic rings. The third-order valence-corrected chi connectivity index (χ3v) is 5.66. The molecule has 0 amide bonds. The topological polar surface area (TPSA) is 87.1 Å². The van der Waals surface area contributed by atoms with E-state index >= 15 is 0 Å². The number of benzene rings is 2. The minimum atomic E-state index is -1.26. The minimum absolute atomic E-state index is 0.00372. The van der Waals surface area contributed by atoms with Gasteiger partial charge in [-0.25, -0.2) is 9.59 Å². The second kappa shape index (κ2) is 12.6. The van der Waals surface area contributed by atoms with Crippen molar-refractivity contribution in [2.24, 2.45) is 0 Å². The predicted molar refractivity (Wildman–Crippen MR) is 126 cm³/mol. The molecule has 33 heavy (non-hydrogen) atoms. The third-order valence-electron chi connectivity index (χ3n) is 5.66. The molecule has 2 N–H and O–H groups in total. The van der Waals surface area contributed by atoms with Gasteiger partial charge in [-0.3, -0.25) is 4.90 Å². The number of carboxylic acids is 2. The minimum Gasteiger partial charge on any atom is -0.478 e. The lowest BCUT2D eigenvalue weighted by atomic mass is 9.97. The molecule has 0 aromatic heterocycles. The average Bonchev–Trinajstić information content (AvgIpc) is 3.28. The molecular weight excluding hydrogens is 418 g/mol. The molecule has 0 spiro atoms. The van der Waals surface area contributed by atoms with Crippen LogP contribution < -0.4 is 0 Å². The van der Waals surface area contributed by atoms with Crippen molar-refractivity contribution in [3.63, 3.8) is 0 Å².